The molecule has 0 aromatic carbocycles. The van der Waals surface area contributed by atoms with Gasteiger partial charge < -0.3 is 5.11 Å². The summed E-state index contributed by atoms with van der Waals surface area (Å²) in [5.74, 6) is -0.768. The summed E-state index contributed by atoms with van der Waals surface area (Å²) < 4.78 is 2.00. The van der Waals surface area contributed by atoms with E-state index in [9.17, 15) is 4.79 Å². The summed E-state index contributed by atoms with van der Waals surface area (Å²) in [6.45, 7) is 5.77. The smallest absolute Gasteiger partial charge is 0.303 e. The standard InChI is InChI=1S/C13H19N3O2/c1-2-3-6-15-7-8-16-12(10-15)9-11(14-16)4-5-13(17)18/h2-3,9H,4-8,10H2,1H3,(H,17,18). The Labute approximate surface area is 107 Å². The third kappa shape index (κ3) is 3.20. The number of carboxylic acid groups (broad SMARTS) is 1. The van der Waals surface area contributed by atoms with Gasteiger partial charge in [0, 0.05) is 26.1 Å². The van der Waals surface area contributed by atoms with Gasteiger partial charge in [-0.2, -0.15) is 5.10 Å². The van der Waals surface area contributed by atoms with Crippen LogP contribution in [0.5, 0.6) is 0 Å². The Morgan fingerprint density at radius 3 is 3.11 bits per heavy atom. The molecule has 0 bridgehead atoms. The molecule has 5 nitrogen and oxygen atoms in total. The summed E-state index contributed by atoms with van der Waals surface area (Å²) in [4.78, 5) is 12.9. The van der Waals surface area contributed by atoms with Crippen LogP contribution in [0.2, 0.25) is 0 Å². The first-order valence-electron chi connectivity index (χ1n) is 6.30. The van der Waals surface area contributed by atoms with E-state index in [2.05, 4.69) is 22.2 Å². The monoisotopic (exact) mass is 249 g/mol. The van der Waals surface area contributed by atoms with E-state index in [1.807, 2.05) is 17.7 Å². The van der Waals surface area contributed by atoms with Crippen LogP contribution in [0, 0.1) is 0 Å². The Kier molecular flexibility index (Phi) is 4.15. The molecule has 0 aliphatic carbocycles. The number of hydrogen-bond donors (Lipinski definition) is 1. The summed E-state index contributed by atoms with van der Waals surface area (Å²) >= 11 is 0. The van der Waals surface area contributed by atoms with Crippen LogP contribution >= 0.6 is 0 Å². The lowest BCUT2D eigenvalue weighted by Gasteiger charge is -2.26. The minimum Gasteiger partial charge on any atom is -0.481 e. The number of rotatable bonds is 5. The van der Waals surface area contributed by atoms with Gasteiger partial charge in [0.25, 0.3) is 0 Å². The van der Waals surface area contributed by atoms with Crippen molar-refractivity contribution in [2.45, 2.75) is 32.9 Å². The van der Waals surface area contributed by atoms with E-state index >= 15 is 0 Å². The van der Waals surface area contributed by atoms with E-state index in [4.69, 9.17) is 5.11 Å². The molecule has 98 valence electrons. The Hall–Kier alpha value is -1.62. The number of nitrogens with zero attached hydrogens (tertiary/aromatic N) is 3. The zero-order valence-corrected chi connectivity index (χ0v) is 10.7. The molecule has 0 unspecified atom stereocenters. The second-order valence-electron chi connectivity index (χ2n) is 4.55. The van der Waals surface area contributed by atoms with Gasteiger partial charge in [-0.1, -0.05) is 12.2 Å². The number of fused-ring (bicyclic) bond motifs is 1. The van der Waals surface area contributed by atoms with Crippen molar-refractivity contribution in [1.82, 2.24) is 14.7 Å². The SMILES string of the molecule is CC=CCN1CCn2nc(CCC(=O)O)cc2C1. The maximum Gasteiger partial charge on any atom is 0.303 e. The Bertz CT molecular complexity index is 451. The van der Waals surface area contributed by atoms with Crippen molar-refractivity contribution in [1.29, 1.82) is 0 Å². The van der Waals surface area contributed by atoms with Crippen LogP contribution in [-0.2, 0) is 24.3 Å². The molecule has 0 atom stereocenters. The molecule has 2 rings (SSSR count). The topological polar surface area (TPSA) is 58.4 Å². The molecule has 0 saturated heterocycles. The number of aromatic nitrogens is 2. The van der Waals surface area contributed by atoms with Crippen LogP contribution in [0.1, 0.15) is 24.7 Å². The average Bonchev–Trinajstić information content (AvgIpc) is 2.75. The second-order valence-corrected chi connectivity index (χ2v) is 4.55. The van der Waals surface area contributed by atoms with Gasteiger partial charge in [0.1, 0.15) is 0 Å². The summed E-state index contributed by atoms with van der Waals surface area (Å²) in [7, 11) is 0. The average molecular weight is 249 g/mol. The van der Waals surface area contributed by atoms with Gasteiger partial charge in [-0.25, -0.2) is 0 Å². The fourth-order valence-corrected chi connectivity index (χ4v) is 2.15. The van der Waals surface area contributed by atoms with Gasteiger partial charge in [-0.3, -0.25) is 14.4 Å². The quantitative estimate of drug-likeness (QED) is 0.799. The Morgan fingerprint density at radius 1 is 1.56 bits per heavy atom. The van der Waals surface area contributed by atoms with E-state index in [0.29, 0.717) is 6.42 Å². The van der Waals surface area contributed by atoms with Crippen LogP contribution in [0.15, 0.2) is 18.2 Å². The molecule has 18 heavy (non-hydrogen) atoms. The molecule has 1 aromatic heterocycles. The van der Waals surface area contributed by atoms with Crippen molar-refractivity contribution in [3.63, 3.8) is 0 Å². The third-order valence-corrected chi connectivity index (χ3v) is 3.12. The fraction of sp³-hybridized carbons (Fsp3) is 0.538. The molecule has 0 spiro atoms. The summed E-state index contributed by atoms with van der Waals surface area (Å²) in [6.07, 6.45) is 4.88. The summed E-state index contributed by atoms with van der Waals surface area (Å²) in [5, 5.41) is 13.1. The number of aryl methyl sites for hydroxylation is 1. The first-order chi connectivity index (χ1) is 8.69. The first kappa shape index (κ1) is 12.8. The van der Waals surface area contributed by atoms with E-state index < -0.39 is 5.97 Å². The van der Waals surface area contributed by atoms with E-state index in [1.165, 1.54) is 5.69 Å². The molecule has 5 heteroatoms. The molecule has 0 amide bonds. The lowest BCUT2D eigenvalue weighted by atomic mass is 10.2. The molecule has 1 aliphatic heterocycles. The number of aliphatic carboxylic acids is 1. The van der Waals surface area contributed by atoms with E-state index in [1.54, 1.807) is 0 Å². The van der Waals surface area contributed by atoms with Gasteiger partial charge >= 0.3 is 5.97 Å². The molecule has 0 fully saturated rings. The molecule has 2 heterocycles. The maximum atomic E-state index is 10.5. The zero-order chi connectivity index (χ0) is 13.0. The highest BCUT2D eigenvalue weighted by Crippen LogP contribution is 2.14. The number of hydrogen-bond acceptors (Lipinski definition) is 3. The predicted octanol–water partition coefficient (Wildman–Crippen LogP) is 1.29. The third-order valence-electron chi connectivity index (χ3n) is 3.12. The highest BCUT2D eigenvalue weighted by atomic mass is 16.4. The Balaban J connectivity index is 1.97. The van der Waals surface area contributed by atoms with Gasteiger partial charge in [0.15, 0.2) is 0 Å². The number of carbonyl (C=O) groups is 1. The maximum absolute atomic E-state index is 10.5. The van der Waals surface area contributed by atoms with Crippen LogP contribution in [0.25, 0.3) is 0 Å². The van der Waals surface area contributed by atoms with Crippen LogP contribution in [0.4, 0.5) is 0 Å². The van der Waals surface area contributed by atoms with Crippen molar-refractivity contribution in [3.8, 4) is 0 Å². The minimum absolute atomic E-state index is 0.152. The lowest BCUT2D eigenvalue weighted by molar-refractivity contribution is -0.136. The Morgan fingerprint density at radius 2 is 2.39 bits per heavy atom. The highest BCUT2D eigenvalue weighted by Gasteiger charge is 2.17. The molecular weight excluding hydrogens is 230 g/mol. The summed E-state index contributed by atoms with van der Waals surface area (Å²) in [6, 6.07) is 2.03. The summed E-state index contributed by atoms with van der Waals surface area (Å²) in [5.41, 5.74) is 2.08. The number of carboxylic acids is 1. The fourth-order valence-electron chi connectivity index (χ4n) is 2.15. The van der Waals surface area contributed by atoms with Crippen molar-refractivity contribution in [2.75, 3.05) is 13.1 Å². The lowest BCUT2D eigenvalue weighted by Crippen LogP contribution is -2.33. The van der Waals surface area contributed by atoms with Crippen molar-refractivity contribution >= 4 is 5.97 Å². The van der Waals surface area contributed by atoms with Gasteiger partial charge in [-0.15, -0.1) is 0 Å². The van der Waals surface area contributed by atoms with Crippen LogP contribution in [0.3, 0.4) is 0 Å². The van der Waals surface area contributed by atoms with E-state index in [0.717, 1.165) is 31.9 Å². The number of allylic oxidation sites excluding steroid dienone is 1. The zero-order valence-electron chi connectivity index (χ0n) is 10.7. The van der Waals surface area contributed by atoms with Crippen LogP contribution < -0.4 is 0 Å². The molecule has 1 N–H and O–H groups in total. The minimum atomic E-state index is -0.768. The molecule has 0 radical (unpaired) electrons. The second kappa shape index (κ2) is 5.82. The first-order valence-corrected chi connectivity index (χ1v) is 6.30. The largest absolute Gasteiger partial charge is 0.481 e. The highest BCUT2D eigenvalue weighted by molar-refractivity contribution is 5.66. The normalized spacial score (nSPS) is 16.1. The van der Waals surface area contributed by atoms with Gasteiger partial charge in [-0.05, 0) is 13.0 Å². The van der Waals surface area contributed by atoms with Crippen LogP contribution in [-0.4, -0.2) is 38.8 Å². The van der Waals surface area contributed by atoms with Crippen molar-refractivity contribution in [2.24, 2.45) is 0 Å². The van der Waals surface area contributed by atoms with Crippen molar-refractivity contribution in [3.05, 3.63) is 29.6 Å². The molecular formula is C13H19N3O2. The van der Waals surface area contributed by atoms with Crippen molar-refractivity contribution < 1.29 is 9.90 Å². The van der Waals surface area contributed by atoms with Gasteiger partial charge in [0.05, 0.1) is 24.4 Å². The van der Waals surface area contributed by atoms with Gasteiger partial charge in [0.2, 0.25) is 0 Å². The van der Waals surface area contributed by atoms with E-state index in [-0.39, 0.29) is 6.42 Å². The molecule has 0 saturated carbocycles. The molecule has 1 aromatic rings. The predicted molar refractivity (Wildman–Crippen MR) is 68.3 cm³/mol. The molecule has 1 aliphatic rings.